The number of aliphatic imine (C=N–C) groups is 1. The van der Waals surface area contributed by atoms with E-state index >= 15 is 0 Å². The molecule has 0 aliphatic carbocycles. The van der Waals surface area contributed by atoms with Gasteiger partial charge in [-0.1, -0.05) is 18.2 Å². The SMILES string of the molecule is NC(=NCCc1c[nH]c2ccccc12)N1CCN(c2ncccn2)CC1. The van der Waals surface area contributed by atoms with E-state index in [4.69, 9.17) is 5.73 Å². The summed E-state index contributed by atoms with van der Waals surface area (Å²) < 4.78 is 0. The van der Waals surface area contributed by atoms with Gasteiger partial charge in [-0.25, -0.2) is 9.97 Å². The number of benzene rings is 1. The molecule has 0 amide bonds. The van der Waals surface area contributed by atoms with Crippen LogP contribution in [0.3, 0.4) is 0 Å². The van der Waals surface area contributed by atoms with Crippen LogP contribution in [0.2, 0.25) is 0 Å². The number of rotatable bonds is 4. The molecule has 7 nitrogen and oxygen atoms in total. The molecule has 4 rings (SSSR count). The van der Waals surface area contributed by atoms with E-state index in [-0.39, 0.29) is 0 Å². The Morgan fingerprint density at radius 3 is 2.65 bits per heavy atom. The molecule has 1 aromatic carbocycles. The number of aromatic amines is 1. The maximum atomic E-state index is 6.20. The molecular weight excluding hydrogens is 326 g/mol. The number of anilines is 1. The third-order valence-corrected chi connectivity index (χ3v) is 4.77. The Kier molecular flexibility index (Phi) is 4.68. The lowest BCUT2D eigenvalue weighted by molar-refractivity contribution is 0.378. The van der Waals surface area contributed by atoms with E-state index < -0.39 is 0 Å². The number of guanidine groups is 1. The van der Waals surface area contributed by atoms with Crippen LogP contribution in [0, 0.1) is 0 Å². The van der Waals surface area contributed by atoms with Gasteiger partial charge in [-0.15, -0.1) is 0 Å². The fourth-order valence-corrected chi connectivity index (χ4v) is 3.32. The second kappa shape index (κ2) is 7.43. The van der Waals surface area contributed by atoms with E-state index in [0.29, 0.717) is 12.5 Å². The minimum atomic E-state index is 0.624. The van der Waals surface area contributed by atoms with Crippen molar-refractivity contribution in [2.45, 2.75) is 6.42 Å². The molecule has 1 saturated heterocycles. The molecule has 3 N–H and O–H groups in total. The molecule has 1 fully saturated rings. The first-order valence-electron chi connectivity index (χ1n) is 8.93. The molecule has 134 valence electrons. The predicted octanol–water partition coefficient (Wildman–Crippen LogP) is 1.64. The van der Waals surface area contributed by atoms with Crippen molar-refractivity contribution in [3.63, 3.8) is 0 Å². The first-order chi connectivity index (χ1) is 12.8. The lowest BCUT2D eigenvalue weighted by Crippen LogP contribution is -2.51. The lowest BCUT2D eigenvalue weighted by atomic mass is 10.1. The van der Waals surface area contributed by atoms with Gasteiger partial charge >= 0.3 is 0 Å². The highest BCUT2D eigenvalue weighted by Gasteiger charge is 2.19. The predicted molar refractivity (Wildman–Crippen MR) is 104 cm³/mol. The first-order valence-corrected chi connectivity index (χ1v) is 8.93. The van der Waals surface area contributed by atoms with Crippen LogP contribution in [-0.2, 0) is 6.42 Å². The van der Waals surface area contributed by atoms with Crippen LogP contribution in [0.4, 0.5) is 5.95 Å². The molecule has 1 aliphatic heterocycles. The third kappa shape index (κ3) is 3.46. The van der Waals surface area contributed by atoms with Gasteiger partial charge < -0.3 is 20.5 Å². The number of hydrogen-bond donors (Lipinski definition) is 2. The quantitative estimate of drug-likeness (QED) is 0.552. The number of para-hydroxylation sites is 1. The number of nitrogens with one attached hydrogen (secondary N) is 1. The normalized spacial score (nSPS) is 15.6. The van der Waals surface area contributed by atoms with Crippen LogP contribution in [0.25, 0.3) is 10.9 Å². The summed E-state index contributed by atoms with van der Waals surface area (Å²) in [4.78, 5) is 20.8. The van der Waals surface area contributed by atoms with Crippen molar-refractivity contribution >= 4 is 22.8 Å². The number of fused-ring (bicyclic) bond motifs is 1. The van der Waals surface area contributed by atoms with Gasteiger partial charge in [-0.2, -0.15) is 0 Å². The van der Waals surface area contributed by atoms with Gasteiger partial charge in [0.1, 0.15) is 0 Å². The fraction of sp³-hybridized carbons (Fsp3) is 0.316. The zero-order valence-corrected chi connectivity index (χ0v) is 14.7. The van der Waals surface area contributed by atoms with E-state index in [2.05, 4.69) is 54.1 Å². The Labute approximate surface area is 152 Å². The van der Waals surface area contributed by atoms with E-state index in [0.717, 1.165) is 38.5 Å². The molecule has 2 aromatic heterocycles. The van der Waals surface area contributed by atoms with Crippen molar-refractivity contribution in [1.29, 1.82) is 0 Å². The van der Waals surface area contributed by atoms with Gasteiger partial charge in [0.15, 0.2) is 5.96 Å². The molecule has 0 radical (unpaired) electrons. The van der Waals surface area contributed by atoms with E-state index in [1.807, 2.05) is 12.1 Å². The Morgan fingerprint density at radius 1 is 1.08 bits per heavy atom. The zero-order chi connectivity index (χ0) is 17.8. The van der Waals surface area contributed by atoms with Gasteiger partial charge in [-0.3, -0.25) is 4.99 Å². The van der Waals surface area contributed by atoms with Crippen molar-refractivity contribution in [2.24, 2.45) is 10.7 Å². The lowest BCUT2D eigenvalue weighted by Gasteiger charge is -2.35. The number of piperazine rings is 1. The smallest absolute Gasteiger partial charge is 0.225 e. The molecular formula is C19H23N7. The molecule has 0 spiro atoms. The minimum absolute atomic E-state index is 0.624. The van der Waals surface area contributed by atoms with Crippen molar-refractivity contribution in [3.8, 4) is 0 Å². The van der Waals surface area contributed by atoms with Crippen LogP contribution < -0.4 is 10.6 Å². The van der Waals surface area contributed by atoms with E-state index in [9.17, 15) is 0 Å². The fourth-order valence-electron chi connectivity index (χ4n) is 3.32. The second-order valence-electron chi connectivity index (χ2n) is 6.37. The molecule has 26 heavy (non-hydrogen) atoms. The highest BCUT2D eigenvalue weighted by Crippen LogP contribution is 2.18. The molecule has 0 unspecified atom stereocenters. The van der Waals surface area contributed by atoms with Crippen molar-refractivity contribution in [2.75, 3.05) is 37.6 Å². The summed E-state index contributed by atoms with van der Waals surface area (Å²) in [5.74, 6) is 1.40. The topological polar surface area (TPSA) is 86.4 Å². The molecule has 3 heterocycles. The molecule has 0 saturated carbocycles. The van der Waals surface area contributed by atoms with Crippen molar-refractivity contribution in [3.05, 3.63) is 54.5 Å². The summed E-state index contributed by atoms with van der Waals surface area (Å²) in [5, 5.41) is 1.26. The van der Waals surface area contributed by atoms with Gasteiger partial charge in [0.05, 0.1) is 0 Å². The number of nitrogens with two attached hydrogens (primary N) is 1. The maximum Gasteiger partial charge on any atom is 0.225 e. The van der Waals surface area contributed by atoms with Crippen LogP contribution >= 0.6 is 0 Å². The van der Waals surface area contributed by atoms with E-state index in [1.165, 1.54) is 16.5 Å². The third-order valence-electron chi connectivity index (χ3n) is 4.77. The van der Waals surface area contributed by atoms with Gasteiger partial charge in [0.2, 0.25) is 5.95 Å². The van der Waals surface area contributed by atoms with Gasteiger partial charge in [-0.05, 0) is 24.1 Å². The summed E-state index contributed by atoms with van der Waals surface area (Å²) in [6, 6.07) is 10.2. The molecule has 0 atom stereocenters. The number of hydrogen-bond acceptors (Lipinski definition) is 4. The van der Waals surface area contributed by atoms with Crippen LogP contribution in [-0.4, -0.2) is 58.5 Å². The summed E-state index contributed by atoms with van der Waals surface area (Å²) in [7, 11) is 0. The van der Waals surface area contributed by atoms with Crippen LogP contribution in [0.15, 0.2) is 53.9 Å². The maximum absolute atomic E-state index is 6.20. The van der Waals surface area contributed by atoms with Crippen molar-refractivity contribution in [1.82, 2.24) is 19.9 Å². The largest absolute Gasteiger partial charge is 0.370 e. The minimum Gasteiger partial charge on any atom is -0.370 e. The highest BCUT2D eigenvalue weighted by molar-refractivity contribution is 5.83. The summed E-state index contributed by atoms with van der Waals surface area (Å²) in [6.07, 6.45) is 6.49. The Bertz CT molecular complexity index is 879. The molecule has 0 bridgehead atoms. The molecule has 7 heteroatoms. The standard InChI is InChI=1S/C19H23N7/c20-18(21-9-6-15-14-24-17-5-2-1-4-16(15)17)25-10-12-26(13-11-25)19-22-7-3-8-23-19/h1-5,7-8,14,24H,6,9-13H2,(H2,20,21). The Hall–Kier alpha value is -3.09. The van der Waals surface area contributed by atoms with Crippen LogP contribution in [0.5, 0.6) is 0 Å². The summed E-state index contributed by atoms with van der Waals surface area (Å²) in [6.45, 7) is 4.06. The molecule has 1 aliphatic rings. The number of aromatic nitrogens is 3. The summed E-state index contributed by atoms with van der Waals surface area (Å²) >= 11 is 0. The zero-order valence-electron chi connectivity index (χ0n) is 14.7. The summed E-state index contributed by atoms with van der Waals surface area (Å²) in [5.41, 5.74) is 8.65. The number of nitrogens with zero attached hydrogens (tertiary/aromatic N) is 5. The second-order valence-corrected chi connectivity index (χ2v) is 6.37. The Morgan fingerprint density at radius 2 is 1.85 bits per heavy atom. The molecule has 3 aromatic rings. The monoisotopic (exact) mass is 349 g/mol. The highest BCUT2D eigenvalue weighted by atomic mass is 15.3. The van der Waals surface area contributed by atoms with Gasteiger partial charge in [0, 0.05) is 62.2 Å². The van der Waals surface area contributed by atoms with Crippen molar-refractivity contribution < 1.29 is 0 Å². The average molecular weight is 349 g/mol. The van der Waals surface area contributed by atoms with Gasteiger partial charge in [0.25, 0.3) is 0 Å². The number of H-pyrrole nitrogens is 1. The average Bonchev–Trinajstić information content (AvgIpc) is 3.12. The first kappa shape index (κ1) is 16.4. The van der Waals surface area contributed by atoms with E-state index in [1.54, 1.807) is 12.4 Å². The Balaban J connectivity index is 1.31. The van der Waals surface area contributed by atoms with Crippen LogP contribution in [0.1, 0.15) is 5.56 Å².